The van der Waals surface area contributed by atoms with Crippen molar-refractivity contribution in [3.8, 4) is 0 Å². The third kappa shape index (κ3) is 4.03. The summed E-state index contributed by atoms with van der Waals surface area (Å²) in [6.45, 7) is 0.504. The molecule has 0 aliphatic rings. The average molecular weight is 313 g/mol. The summed E-state index contributed by atoms with van der Waals surface area (Å²) in [5.41, 5.74) is 1.95. The molecule has 0 aliphatic carbocycles. The molecule has 6 nitrogen and oxygen atoms in total. The lowest BCUT2D eigenvalue weighted by molar-refractivity contribution is 0.252. The minimum atomic E-state index is -0.443. The van der Waals surface area contributed by atoms with Crippen molar-refractivity contribution in [3.63, 3.8) is 0 Å². The highest BCUT2D eigenvalue weighted by atomic mass is 19.1. The lowest BCUT2D eigenvalue weighted by atomic mass is 10.3. The number of carbonyl (C=O) groups is 1. The molecule has 0 spiro atoms. The third-order valence-electron chi connectivity index (χ3n) is 3.28. The number of anilines is 1. The van der Waals surface area contributed by atoms with Crippen LogP contribution in [-0.4, -0.2) is 27.5 Å². The molecule has 0 atom stereocenters. The van der Waals surface area contributed by atoms with Gasteiger partial charge in [0.25, 0.3) is 0 Å². The number of urea groups is 1. The summed E-state index contributed by atoms with van der Waals surface area (Å²) in [6.07, 6.45) is 2.55. The van der Waals surface area contributed by atoms with E-state index in [1.807, 2.05) is 24.3 Å². The van der Waals surface area contributed by atoms with E-state index in [2.05, 4.69) is 25.6 Å². The lowest BCUT2D eigenvalue weighted by Gasteiger charge is -2.06. The Morgan fingerprint density at radius 2 is 2.09 bits per heavy atom. The van der Waals surface area contributed by atoms with Gasteiger partial charge < -0.3 is 10.3 Å². The maximum Gasteiger partial charge on any atom is 0.320 e. The molecule has 0 aliphatic heterocycles. The predicted molar refractivity (Wildman–Crippen MR) is 85.6 cm³/mol. The number of halogens is 1. The molecule has 7 heteroatoms. The fraction of sp³-hybridized carbons (Fsp3) is 0.188. The summed E-state index contributed by atoms with van der Waals surface area (Å²) in [5.74, 6) is 0.761. The van der Waals surface area contributed by atoms with Crippen molar-refractivity contribution in [1.29, 1.82) is 0 Å². The molecule has 0 fully saturated rings. The van der Waals surface area contributed by atoms with E-state index in [9.17, 15) is 9.18 Å². The van der Waals surface area contributed by atoms with Gasteiger partial charge in [-0.05, 0) is 30.7 Å². The third-order valence-corrected chi connectivity index (χ3v) is 3.28. The van der Waals surface area contributed by atoms with E-state index in [1.54, 1.807) is 0 Å². The Labute approximate surface area is 132 Å². The number of nitrogens with one attached hydrogen (secondary N) is 3. The molecule has 0 unspecified atom stereocenters. The number of nitrogens with zero attached hydrogens (tertiary/aromatic N) is 2. The Kier molecular flexibility index (Phi) is 4.46. The van der Waals surface area contributed by atoms with Crippen LogP contribution in [0.5, 0.6) is 0 Å². The van der Waals surface area contributed by atoms with Crippen molar-refractivity contribution in [1.82, 2.24) is 20.3 Å². The number of H-pyrrole nitrogens is 1. The number of aromatic nitrogens is 3. The fourth-order valence-electron chi connectivity index (χ4n) is 2.19. The maximum absolute atomic E-state index is 12.7. The molecule has 0 saturated carbocycles. The smallest absolute Gasteiger partial charge is 0.320 e. The fourth-order valence-corrected chi connectivity index (χ4v) is 2.19. The van der Waals surface area contributed by atoms with Crippen molar-refractivity contribution in [2.75, 3.05) is 11.9 Å². The van der Waals surface area contributed by atoms with Crippen LogP contribution < -0.4 is 10.6 Å². The molecule has 0 bridgehead atoms. The van der Waals surface area contributed by atoms with Crippen LogP contribution in [0, 0.1) is 5.82 Å². The molecule has 23 heavy (non-hydrogen) atoms. The van der Waals surface area contributed by atoms with Crippen LogP contribution in [0.4, 0.5) is 15.0 Å². The van der Waals surface area contributed by atoms with Gasteiger partial charge in [0.15, 0.2) is 0 Å². The van der Waals surface area contributed by atoms with Gasteiger partial charge in [-0.25, -0.2) is 19.2 Å². The van der Waals surface area contributed by atoms with Crippen LogP contribution in [0.25, 0.3) is 11.0 Å². The van der Waals surface area contributed by atoms with E-state index >= 15 is 0 Å². The molecular formula is C16H16FN5O. The quantitative estimate of drug-likeness (QED) is 0.633. The van der Waals surface area contributed by atoms with Crippen molar-refractivity contribution < 1.29 is 9.18 Å². The zero-order valence-electron chi connectivity index (χ0n) is 12.3. The van der Waals surface area contributed by atoms with Gasteiger partial charge >= 0.3 is 6.03 Å². The Morgan fingerprint density at radius 1 is 1.22 bits per heavy atom. The minimum absolute atomic E-state index is 0.307. The number of pyridine rings is 1. The number of aryl methyl sites for hydroxylation is 1. The maximum atomic E-state index is 12.7. The van der Waals surface area contributed by atoms with E-state index in [0.717, 1.165) is 35.9 Å². The SMILES string of the molecule is O=C(NCCCc1nc2ccccc2[nH]1)Nc1ccc(F)cn1. The van der Waals surface area contributed by atoms with Crippen molar-refractivity contribution in [2.24, 2.45) is 0 Å². The standard InChI is InChI=1S/C16H16FN5O/c17-11-7-8-14(19-10-11)22-16(23)18-9-3-6-15-20-12-4-1-2-5-13(12)21-15/h1-2,4-5,7-8,10H,3,6,9H2,(H,20,21)(H2,18,19,22,23). The zero-order chi connectivity index (χ0) is 16.1. The molecule has 3 aromatic rings. The van der Waals surface area contributed by atoms with Crippen molar-refractivity contribution >= 4 is 22.9 Å². The van der Waals surface area contributed by atoms with Crippen LogP contribution in [0.1, 0.15) is 12.2 Å². The Morgan fingerprint density at radius 3 is 2.87 bits per heavy atom. The molecule has 0 radical (unpaired) electrons. The minimum Gasteiger partial charge on any atom is -0.342 e. The molecular weight excluding hydrogens is 297 g/mol. The summed E-state index contributed by atoms with van der Waals surface area (Å²) in [6, 6.07) is 10.1. The highest BCUT2D eigenvalue weighted by Gasteiger charge is 2.04. The summed E-state index contributed by atoms with van der Waals surface area (Å²) in [7, 11) is 0. The zero-order valence-corrected chi connectivity index (χ0v) is 12.3. The Bertz CT molecular complexity index is 767. The Hall–Kier alpha value is -2.96. The average Bonchev–Trinajstić information content (AvgIpc) is 2.96. The summed E-state index contributed by atoms with van der Waals surface area (Å²) < 4.78 is 12.7. The van der Waals surface area contributed by atoms with Crippen LogP contribution >= 0.6 is 0 Å². The number of aromatic amines is 1. The molecule has 3 N–H and O–H groups in total. The monoisotopic (exact) mass is 313 g/mol. The number of para-hydroxylation sites is 2. The molecule has 2 aromatic heterocycles. The first-order chi connectivity index (χ1) is 11.2. The summed E-state index contributed by atoms with van der Waals surface area (Å²) >= 11 is 0. The lowest BCUT2D eigenvalue weighted by Crippen LogP contribution is -2.30. The number of rotatable bonds is 5. The first-order valence-corrected chi connectivity index (χ1v) is 7.31. The van der Waals surface area contributed by atoms with E-state index in [4.69, 9.17) is 0 Å². The Balaban J connectivity index is 1.42. The van der Waals surface area contributed by atoms with E-state index in [-0.39, 0.29) is 6.03 Å². The highest BCUT2D eigenvalue weighted by molar-refractivity contribution is 5.88. The second-order valence-corrected chi connectivity index (χ2v) is 5.05. The molecule has 1 aromatic carbocycles. The number of carbonyl (C=O) groups excluding carboxylic acids is 1. The molecule has 0 saturated heterocycles. The van der Waals surface area contributed by atoms with Gasteiger partial charge in [0.2, 0.25) is 0 Å². The summed E-state index contributed by atoms with van der Waals surface area (Å²) in [5, 5.41) is 5.26. The van der Waals surface area contributed by atoms with E-state index in [0.29, 0.717) is 12.4 Å². The number of hydrogen-bond donors (Lipinski definition) is 3. The van der Waals surface area contributed by atoms with Gasteiger partial charge in [-0.1, -0.05) is 12.1 Å². The molecule has 118 valence electrons. The van der Waals surface area contributed by atoms with Crippen LogP contribution in [0.15, 0.2) is 42.6 Å². The predicted octanol–water partition coefficient (Wildman–Crippen LogP) is 2.85. The molecule has 2 amide bonds. The molecule has 3 rings (SSSR count). The van der Waals surface area contributed by atoms with Gasteiger partial charge in [-0.3, -0.25) is 5.32 Å². The first kappa shape index (κ1) is 15.0. The number of amides is 2. The number of hydrogen-bond acceptors (Lipinski definition) is 3. The number of benzene rings is 1. The second-order valence-electron chi connectivity index (χ2n) is 5.05. The van der Waals surface area contributed by atoms with E-state index < -0.39 is 5.82 Å². The normalized spacial score (nSPS) is 10.7. The highest BCUT2D eigenvalue weighted by Crippen LogP contribution is 2.11. The van der Waals surface area contributed by atoms with Crippen molar-refractivity contribution in [2.45, 2.75) is 12.8 Å². The summed E-state index contributed by atoms with van der Waals surface area (Å²) in [4.78, 5) is 23.1. The van der Waals surface area contributed by atoms with Crippen molar-refractivity contribution in [3.05, 3.63) is 54.2 Å². The topological polar surface area (TPSA) is 82.7 Å². The molecule has 2 heterocycles. The van der Waals surface area contributed by atoms with Gasteiger partial charge in [-0.2, -0.15) is 0 Å². The number of imidazole rings is 1. The van der Waals surface area contributed by atoms with Crippen LogP contribution in [-0.2, 0) is 6.42 Å². The second kappa shape index (κ2) is 6.87. The van der Waals surface area contributed by atoms with E-state index in [1.165, 1.54) is 12.1 Å². The number of fused-ring (bicyclic) bond motifs is 1. The first-order valence-electron chi connectivity index (χ1n) is 7.31. The van der Waals surface area contributed by atoms with Crippen LogP contribution in [0.2, 0.25) is 0 Å². The van der Waals surface area contributed by atoms with Gasteiger partial charge in [-0.15, -0.1) is 0 Å². The van der Waals surface area contributed by atoms with Gasteiger partial charge in [0.1, 0.15) is 17.5 Å². The van der Waals surface area contributed by atoms with Gasteiger partial charge in [0.05, 0.1) is 17.2 Å². The van der Waals surface area contributed by atoms with Crippen LogP contribution in [0.3, 0.4) is 0 Å². The van der Waals surface area contributed by atoms with Gasteiger partial charge in [0, 0.05) is 13.0 Å². The largest absolute Gasteiger partial charge is 0.342 e.